The lowest BCUT2D eigenvalue weighted by atomic mass is 9.64. The lowest BCUT2D eigenvalue weighted by Gasteiger charge is -2.46. The van der Waals surface area contributed by atoms with Gasteiger partial charge in [-0.2, -0.15) is 0 Å². The highest BCUT2D eigenvalue weighted by Gasteiger charge is 2.45. The van der Waals surface area contributed by atoms with Crippen molar-refractivity contribution in [2.75, 3.05) is 5.32 Å². The van der Waals surface area contributed by atoms with Crippen molar-refractivity contribution in [2.24, 2.45) is 5.41 Å². The molecule has 0 aromatic carbocycles. The highest BCUT2D eigenvalue weighted by molar-refractivity contribution is 5.62. The van der Waals surface area contributed by atoms with Crippen LogP contribution in [0.1, 0.15) is 50.5 Å². The van der Waals surface area contributed by atoms with E-state index in [9.17, 15) is 8.78 Å². The minimum atomic E-state index is -2.51. The molecule has 2 fully saturated rings. The van der Waals surface area contributed by atoms with E-state index in [2.05, 4.69) is 10.3 Å². The van der Waals surface area contributed by atoms with Crippen molar-refractivity contribution in [2.45, 2.75) is 51.0 Å². The molecule has 5 rings (SSSR count). The Labute approximate surface area is 156 Å². The van der Waals surface area contributed by atoms with E-state index in [1.807, 2.05) is 18.2 Å². The molecule has 0 unspecified atom stereocenters. The molecule has 1 spiro atoms. The summed E-state index contributed by atoms with van der Waals surface area (Å²) in [6.45, 7) is 0. The zero-order valence-corrected chi connectivity index (χ0v) is 15.0. The number of hydrogen-bond donors (Lipinski definition) is 1. The molecule has 27 heavy (non-hydrogen) atoms. The third-order valence-electron chi connectivity index (χ3n) is 6.17. The van der Waals surface area contributed by atoms with Crippen molar-refractivity contribution >= 4 is 11.5 Å². The van der Waals surface area contributed by atoms with Crippen LogP contribution in [-0.2, 0) is 0 Å². The molecular weight excluding hydrogens is 346 g/mol. The molecule has 0 saturated heterocycles. The summed E-state index contributed by atoms with van der Waals surface area (Å²) in [6.07, 6.45) is 8.56. The first-order valence-electron chi connectivity index (χ1n) is 9.61. The zero-order valence-electron chi connectivity index (χ0n) is 15.0. The number of rotatable bonds is 4. The molecular formula is C21H22F2N4. The van der Waals surface area contributed by atoms with Crippen LogP contribution < -0.4 is 5.32 Å². The normalized spacial score (nSPS) is 19.1. The van der Waals surface area contributed by atoms with Gasteiger partial charge in [0.15, 0.2) is 0 Å². The van der Waals surface area contributed by atoms with Crippen LogP contribution in [0.5, 0.6) is 0 Å². The molecule has 1 N–H and O–H groups in total. The summed E-state index contributed by atoms with van der Waals surface area (Å²) in [5, 5.41) is 3.55. The van der Waals surface area contributed by atoms with Crippen LogP contribution in [0.4, 0.5) is 14.6 Å². The topological polar surface area (TPSA) is 42.2 Å². The van der Waals surface area contributed by atoms with Crippen molar-refractivity contribution in [1.82, 2.24) is 14.4 Å². The van der Waals surface area contributed by atoms with Crippen LogP contribution in [0, 0.1) is 5.41 Å². The number of hydrogen-bond acceptors (Lipinski definition) is 3. The van der Waals surface area contributed by atoms with Crippen molar-refractivity contribution in [3.63, 3.8) is 0 Å². The maximum atomic E-state index is 13.1. The van der Waals surface area contributed by atoms with E-state index in [1.165, 1.54) is 50.8 Å². The molecule has 0 bridgehead atoms. The van der Waals surface area contributed by atoms with E-state index in [-0.39, 0.29) is 5.56 Å². The first-order valence-corrected chi connectivity index (χ1v) is 9.61. The standard InChI is InChI=1S/C21H22F2N4/c22-20(23)14-6-7-19-24-12-17(27(19)13-14)16-4-3-5-18(26-16)25-15-10-21(11-15)8-1-2-9-21/h3-7,12-13,15,20H,1-2,8-11H2,(H,25,26). The van der Waals surface area contributed by atoms with Gasteiger partial charge in [0.25, 0.3) is 6.43 Å². The Kier molecular flexibility index (Phi) is 3.88. The number of pyridine rings is 2. The summed E-state index contributed by atoms with van der Waals surface area (Å²) < 4.78 is 27.8. The summed E-state index contributed by atoms with van der Waals surface area (Å²) in [7, 11) is 0. The van der Waals surface area contributed by atoms with Gasteiger partial charge in [0.1, 0.15) is 11.5 Å². The molecule has 0 atom stereocenters. The first-order chi connectivity index (χ1) is 13.1. The molecule has 3 heterocycles. The second-order valence-corrected chi connectivity index (χ2v) is 8.00. The average Bonchev–Trinajstić information content (AvgIpc) is 3.28. The molecule has 2 aliphatic carbocycles. The van der Waals surface area contributed by atoms with Gasteiger partial charge < -0.3 is 5.32 Å². The van der Waals surface area contributed by atoms with E-state index in [0.717, 1.165) is 17.2 Å². The molecule has 0 aliphatic heterocycles. The summed E-state index contributed by atoms with van der Waals surface area (Å²) in [5.74, 6) is 0.838. The van der Waals surface area contributed by atoms with Gasteiger partial charge in [0, 0.05) is 17.8 Å². The van der Waals surface area contributed by atoms with Crippen molar-refractivity contribution < 1.29 is 8.78 Å². The Morgan fingerprint density at radius 2 is 1.93 bits per heavy atom. The monoisotopic (exact) mass is 368 g/mol. The highest BCUT2D eigenvalue weighted by Crippen LogP contribution is 2.53. The van der Waals surface area contributed by atoms with Gasteiger partial charge in [-0.25, -0.2) is 18.7 Å². The van der Waals surface area contributed by atoms with Crippen molar-refractivity contribution in [1.29, 1.82) is 0 Å². The number of anilines is 1. The minimum absolute atomic E-state index is 0.0210. The Hall–Kier alpha value is -2.50. The van der Waals surface area contributed by atoms with Gasteiger partial charge in [-0.05, 0) is 55.4 Å². The van der Waals surface area contributed by atoms with Gasteiger partial charge in [-0.15, -0.1) is 0 Å². The minimum Gasteiger partial charge on any atom is -0.367 e. The van der Waals surface area contributed by atoms with Gasteiger partial charge in [-0.1, -0.05) is 18.9 Å². The zero-order chi connectivity index (χ0) is 18.4. The van der Waals surface area contributed by atoms with Gasteiger partial charge in [0.2, 0.25) is 0 Å². The van der Waals surface area contributed by atoms with Gasteiger partial charge >= 0.3 is 0 Å². The van der Waals surface area contributed by atoms with Crippen LogP contribution in [0.25, 0.3) is 17.0 Å². The molecule has 4 nitrogen and oxygen atoms in total. The smallest absolute Gasteiger partial charge is 0.265 e. The fraction of sp³-hybridized carbons (Fsp3) is 0.429. The quantitative estimate of drug-likeness (QED) is 0.664. The maximum Gasteiger partial charge on any atom is 0.265 e. The average molecular weight is 368 g/mol. The fourth-order valence-electron chi connectivity index (χ4n) is 4.80. The van der Waals surface area contributed by atoms with Crippen molar-refractivity contribution in [3.8, 4) is 11.4 Å². The van der Waals surface area contributed by atoms with E-state index in [1.54, 1.807) is 16.7 Å². The molecule has 2 saturated carbocycles. The molecule has 140 valence electrons. The third kappa shape index (κ3) is 2.97. The summed E-state index contributed by atoms with van der Waals surface area (Å²) in [4.78, 5) is 9.04. The predicted octanol–water partition coefficient (Wildman–Crippen LogP) is 5.47. The molecule has 2 aliphatic rings. The third-order valence-corrected chi connectivity index (χ3v) is 6.17. The molecule has 3 aromatic heterocycles. The number of fused-ring (bicyclic) bond motifs is 1. The molecule has 0 amide bonds. The first kappa shape index (κ1) is 16.7. The van der Waals surface area contributed by atoms with Crippen LogP contribution in [0.2, 0.25) is 0 Å². The highest BCUT2D eigenvalue weighted by atomic mass is 19.3. The maximum absolute atomic E-state index is 13.1. The summed E-state index contributed by atoms with van der Waals surface area (Å²) in [5.41, 5.74) is 2.65. The molecule has 3 aromatic rings. The van der Waals surface area contributed by atoms with Crippen LogP contribution in [-0.4, -0.2) is 20.4 Å². The number of nitrogens with zero attached hydrogens (tertiary/aromatic N) is 3. The lowest BCUT2D eigenvalue weighted by molar-refractivity contribution is 0.124. The number of alkyl halides is 2. The van der Waals surface area contributed by atoms with E-state index in [0.29, 0.717) is 17.1 Å². The second-order valence-electron chi connectivity index (χ2n) is 8.00. The fourth-order valence-corrected chi connectivity index (χ4v) is 4.80. The number of nitrogens with one attached hydrogen (secondary N) is 1. The number of imidazole rings is 1. The Balaban J connectivity index is 1.39. The van der Waals surface area contributed by atoms with E-state index in [4.69, 9.17) is 4.98 Å². The number of aromatic nitrogens is 3. The largest absolute Gasteiger partial charge is 0.367 e. The van der Waals surface area contributed by atoms with Gasteiger partial charge in [-0.3, -0.25) is 4.40 Å². The van der Waals surface area contributed by atoms with Crippen LogP contribution in [0.15, 0.2) is 42.7 Å². The number of halogens is 2. The van der Waals surface area contributed by atoms with Crippen LogP contribution >= 0.6 is 0 Å². The SMILES string of the molecule is FC(F)c1ccc2ncc(-c3cccc(NC4CC5(CCCC5)C4)n3)n2c1. The Bertz CT molecular complexity index is 967. The molecule has 6 heteroatoms. The summed E-state index contributed by atoms with van der Waals surface area (Å²) >= 11 is 0. The van der Waals surface area contributed by atoms with Crippen molar-refractivity contribution in [3.05, 3.63) is 48.3 Å². The van der Waals surface area contributed by atoms with Gasteiger partial charge in [0.05, 0.1) is 17.6 Å². The Morgan fingerprint density at radius 1 is 1.11 bits per heavy atom. The van der Waals surface area contributed by atoms with E-state index < -0.39 is 6.43 Å². The lowest BCUT2D eigenvalue weighted by Crippen LogP contribution is -2.43. The Morgan fingerprint density at radius 3 is 2.70 bits per heavy atom. The van der Waals surface area contributed by atoms with E-state index >= 15 is 0 Å². The predicted molar refractivity (Wildman–Crippen MR) is 101 cm³/mol. The second kappa shape index (κ2) is 6.29. The van der Waals surface area contributed by atoms with Crippen LogP contribution in [0.3, 0.4) is 0 Å². The molecule has 0 radical (unpaired) electrons. The summed E-state index contributed by atoms with van der Waals surface area (Å²) in [6, 6.07) is 9.32.